The lowest BCUT2D eigenvalue weighted by atomic mass is 10.1. The number of halogens is 1. The second-order valence-corrected chi connectivity index (χ2v) is 7.72. The number of nitrogens with zero attached hydrogens (tertiary/aromatic N) is 3. The lowest BCUT2D eigenvalue weighted by molar-refractivity contribution is 0.811. The molecule has 8 heteroatoms. The van der Waals surface area contributed by atoms with Crippen molar-refractivity contribution in [1.29, 1.82) is 0 Å². The normalized spacial score (nSPS) is 12.1. The van der Waals surface area contributed by atoms with Crippen molar-refractivity contribution in [2.24, 2.45) is 0 Å². The Bertz CT molecular complexity index is 1210. The van der Waals surface area contributed by atoms with Crippen molar-refractivity contribution in [3.8, 4) is 0 Å². The summed E-state index contributed by atoms with van der Waals surface area (Å²) in [6.45, 7) is 0. The zero-order chi connectivity index (χ0) is 17.4. The number of thiophene rings is 1. The van der Waals surface area contributed by atoms with Crippen molar-refractivity contribution in [3.05, 3.63) is 88.2 Å². The van der Waals surface area contributed by atoms with Crippen molar-refractivity contribution in [3.63, 3.8) is 0 Å². The number of benzene rings is 1. The van der Waals surface area contributed by atoms with Gasteiger partial charge in [0.25, 0.3) is 11.1 Å². The van der Waals surface area contributed by atoms with E-state index < -0.39 is 5.56 Å². The molecule has 0 aliphatic carbocycles. The molecule has 0 saturated heterocycles. The smallest absolute Gasteiger partial charge is 0.266 e. The van der Waals surface area contributed by atoms with E-state index >= 15 is 0 Å². The second kappa shape index (κ2) is 6.51. The molecule has 0 fully saturated rings. The molecule has 0 saturated carbocycles. The van der Waals surface area contributed by atoms with Crippen LogP contribution in [0.1, 0.15) is 16.1 Å². The van der Waals surface area contributed by atoms with E-state index in [9.17, 15) is 9.59 Å². The quantitative estimate of drug-likeness (QED) is 0.541. The first-order valence-corrected chi connectivity index (χ1v) is 9.40. The van der Waals surface area contributed by atoms with Crippen LogP contribution in [0.4, 0.5) is 0 Å². The highest BCUT2D eigenvalue weighted by Crippen LogP contribution is 2.12. The van der Waals surface area contributed by atoms with Gasteiger partial charge < -0.3 is 0 Å². The zero-order valence-corrected chi connectivity index (χ0v) is 15.1. The lowest BCUT2D eigenvalue weighted by Crippen LogP contribution is -2.27. The molecule has 0 aliphatic heterocycles. The van der Waals surface area contributed by atoms with Crippen LogP contribution in [0.5, 0.6) is 0 Å². The van der Waals surface area contributed by atoms with Crippen LogP contribution in [0, 0.1) is 0 Å². The average molecular weight is 388 g/mol. The Kier molecular flexibility index (Phi) is 4.20. The van der Waals surface area contributed by atoms with Crippen LogP contribution in [0.25, 0.3) is 11.0 Å². The standard InChI is InChI=1S/C17H10ClN3O2S2/c18-11-5-3-10(4-6-11)8-13-15(22)19-17-21(20-13)16(23)14(25-17)9-12-2-1-7-24-12/h1-7,9H,8H2. The molecule has 5 nitrogen and oxygen atoms in total. The molecule has 3 heterocycles. The predicted octanol–water partition coefficient (Wildman–Crippen LogP) is 2.36. The van der Waals surface area contributed by atoms with Crippen LogP contribution in [0.3, 0.4) is 0 Å². The molecule has 0 unspecified atom stereocenters. The third-order valence-corrected chi connectivity index (χ3v) is 5.58. The zero-order valence-electron chi connectivity index (χ0n) is 12.7. The highest BCUT2D eigenvalue weighted by atomic mass is 35.5. The summed E-state index contributed by atoms with van der Waals surface area (Å²) in [7, 11) is 0. The number of hydrogen-bond donors (Lipinski definition) is 0. The summed E-state index contributed by atoms with van der Waals surface area (Å²) in [5, 5.41) is 6.79. The van der Waals surface area contributed by atoms with Gasteiger partial charge in [-0.15, -0.1) is 11.3 Å². The summed E-state index contributed by atoms with van der Waals surface area (Å²) in [6.07, 6.45) is 2.09. The molecule has 0 amide bonds. The first-order valence-electron chi connectivity index (χ1n) is 7.32. The van der Waals surface area contributed by atoms with Gasteiger partial charge in [0, 0.05) is 16.3 Å². The maximum atomic E-state index is 12.5. The number of rotatable bonds is 3. The Labute approximate surface area is 154 Å². The fourth-order valence-electron chi connectivity index (χ4n) is 2.35. The molecule has 0 aliphatic rings. The van der Waals surface area contributed by atoms with E-state index in [0.717, 1.165) is 21.8 Å². The first-order chi connectivity index (χ1) is 12.1. The maximum Gasteiger partial charge on any atom is 0.296 e. The Balaban J connectivity index is 1.81. The fraction of sp³-hybridized carbons (Fsp3) is 0.0588. The molecular formula is C17H10ClN3O2S2. The van der Waals surface area contributed by atoms with Gasteiger partial charge in [-0.1, -0.05) is 41.1 Å². The largest absolute Gasteiger partial charge is 0.296 e. The SMILES string of the molecule is O=c1nc2sc(=Cc3cccs3)c(=O)n2nc1Cc1ccc(Cl)cc1. The van der Waals surface area contributed by atoms with Crippen LogP contribution in [0.15, 0.2) is 51.4 Å². The summed E-state index contributed by atoms with van der Waals surface area (Å²) >= 11 is 8.57. The summed E-state index contributed by atoms with van der Waals surface area (Å²) in [4.78, 5) is 30.1. The number of fused-ring (bicyclic) bond motifs is 1. The monoisotopic (exact) mass is 387 g/mol. The van der Waals surface area contributed by atoms with Gasteiger partial charge in [0.05, 0.1) is 4.53 Å². The molecule has 4 rings (SSSR count). The molecule has 0 spiro atoms. The molecule has 0 bridgehead atoms. The Morgan fingerprint density at radius 1 is 1.16 bits per heavy atom. The summed E-state index contributed by atoms with van der Waals surface area (Å²) < 4.78 is 1.71. The van der Waals surface area contributed by atoms with Crippen molar-refractivity contribution >= 4 is 45.3 Å². The fourth-order valence-corrected chi connectivity index (χ4v) is 4.10. The van der Waals surface area contributed by atoms with Gasteiger partial charge in [-0.25, -0.2) is 0 Å². The summed E-state index contributed by atoms with van der Waals surface area (Å²) in [6, 6.07) is 11.0. The molecule has 1 aromatic carbocycles. The minimum atomic E-state index is -0.418. The van der Waals surface area contributed by atoms with Crippen LogP contribution in [-0.2, 0) is 6.42 Å². The Hall–Kier alpha value is -2.35. The highest BCUT2D eigenvalue weighted by molar-refractivity contribution is 7.15. The van der Waals surface area contributed by atoms with Gasteiger partial charge in [-0.2, -0.15) is 14.6 Å². The van der Waals surface area contributed by atoms with Crippen molar-refractivity contribution < 1.29 is 0 Å². The minimum Gasteiger partial charge on any atom is -0.266 e. The van der Waals surface area contributed by atoms with Crippen LogP contribution in [0.2, 0.25) is 5.02 Å². The van der Waals surface area contributed by atoms with E-state index in [4.69, 9.17) is 11.6 Å². The van der Waals surface area contributed by atoms with E-state index in [1.165, 1.54) is 15.9 Å². The molecular weight excluding hydrogens is 378 g/mol. The molecule has 4 aromatic rings. The Morgan fingerprint density at radius 2 is 1.96 bits per heavy atom. The molecule has 0 radical (unpaired) electrons. The van der Waals surface area contributed by atoms with Gasteiger partial charge >= 0.3 is 0 Å². The van der Waals surface area contributed by atoms with Gasteiger partial charge in [-0.05, 0) is 35.2 Å². The van der Waals surface area contributed by atoms with E-state index in [1.807, 2.05) is 29.6 Å². The second-order valence-electron chi connectivity index (χ2n) is 5.29. The molecule has 0 atom stereocenters. The number of aromatic nitrogens is 3. The van der Waals surface area contributed by atoms with Crippen molar-refractivity contribution in [1.82, 2.24) is 14.6 Å². The van der Waals surface area contributed by atoms with Crippen molar-refractivity contribution in [2.75, 3.05) is 0 Å². The predicted molar refractivity (Wildman–Crippen MR) is 101 cm³/mol. The number of hydrogen-bond acceptors (Lipinski definition) is 6. The van der Waals surface area contributed by atoms with Crippen LogP contribution in [-0.4, -0.2) is 14.6 Å². The van der Waals surface area contributed by atoms with E-state index in [1.54, 1.807) is 18.2 Å². The van der Waals surface area contributed by atoms with Crippen molar-refractivity contribution in [2.45, 2.75) is 6.42 Å². The molecule has 124 valence electrons. The third-order valence-electron chi connectivity index (χ3n) is 3.55. The minimum absolute atomic E-state index is 0.234. The summed E-state index contributed by atoms with van der Waals surface area (Å²) in [5.74, 6) is 0. The van der Waals surface area contributed by atoms with E-state index in [0.29, 0.717) is 20.9 Å². The van der Waals surface area contributed by atoms with Gasteiger partial charge in [0.15, 0.2) is 0 Å². The topological polar surface area (TPSA) is 64.3 Å². The van der Waals surface area contributed by atoms with Gasteiger partial charge in [0.1, 0.15) is 5.69 Å². The first kappa shape index (κ1) is 16.1. The molecule has 0 N–H and O–H groups in total. The van der Waals surface area contributed by atoms with Crippen LogP contribution < -0.4 is 15.7 Å². The Morgan fingerprint density at radius 3 is 2.68 bits per heavy atom. The van der Waals surface area contributed by atoms with Crippen LogP contribution >= 0.6 is 34.3 Å². The highest BCUT2D eigenvalue weighted by Gasteiger charge is 2.11. The molecule has 25 heavy (non-hydrogen) atoms. The number of thiazole rings is 1. The van der Waals surface area contributed by atoms with E-state index in [2.05, 4.69) is 10.1 Å². The maximum absolute atomic E-state index is 12.5. The lowest BCUT2D eigenvalue weighted by Gasteiger charge is -2.00. The summed E-state index contributed by atoms with van der Waals surface area (Å²) in [5.41, 5.74) is 0.429. The van der Waals surface area contributed by atoms with E-state index in [-0.39, 0.29) is 11.3 Å². The molecule has 3 aromatic heterocycles. The third kappa shape index (κ3) is 3.26. The van der Waals surface area contributed by atoms with Gasteiger partial charge in [0.2, 0.25) is 4.96 Å². The average Bonchev–Trinajstić information content (AvgIpc) is 3.20. The van der Waals surface area contributed by atoms with Gasteiger partial charge in [-0.3, -0.25) is 9.59 Å².